The molecule has 0 amide bonds. The zero-order valence-electron chi connectivity index (χ0n) is 7.28. The van der Waals surface area contributed by atoms with Gasteiger partial charge in [0.05, 0.1) is 6.33 Å². The standard InChI is InChI=1S/C8H8N4O2/c13-7-5-6(10-8(14)11-7)9-3-12(5)4-1-2-4/h3-4H,1-2H2,(H2,10,11,13,14). The van der Waals surface area contributed by atoms with E-state index in [1.54, 1.807) is 6.33 Å². The first kappa shape index (κ1) is 7.54. The molecule has 0 unspecified atom stereocenters. The normalized spacial score (nSPS) is 16.3. The number of aromatic amines is 2. The van der Waals surface area contributed by atoms with Crippen LogP contribution in [0.4, 0.5) is 0 Å². The molecule has 0 spiro atoms. The molecule has 72 valence electrons. The second kappa shape index (κ2) is 2.34. The molecule has 14 heavy (non-hydrogen) atoms. The molecule has 6 nitrogen and oxygen atoms in total. The van der Waals surface area contributed by atoms with Crippen molar-refractivity contribution in [2.45, 2.75) is 18.9 Å². The average molecular weight is 192 g/mol. The molecule has 0 aromatic carbocycles. The van der Waals surface area contributed by atoms with Gasteiger partial charge in [-0.1, -0.05) is 0 Å². The molecule has 0 bridgehead atoms. The summed E-state index contributed by atoms with van der Waals surface area (Å²) in [5.41, 5.74) is -0.0468. The molecule has 0 aliphatic heterocycles. The van der Waals surface area contributed by atoms with E-state index in [9.17, 15) is 9.59 Å². The van der Waals surface area contributed by atoms with Crippen LogP contribution in [0.3, 0.4) is 0 Å². The van der Waals surface area contributed by atoms with E-state index in [2.05, 4.69) is 15.0 Å². The van der Waals surface area contributed by atoms with Crippen LogP contribution < -0.4 is 11.2 Å². The van der Waals surface area contributed by atoms with Crippen molar-refractivity contribution in [2.75, 3.05) is 0 Å². The third-order valence-corrected chi connectivity index (χ3v) is 2.41. The van der Waals surface area contributed by atoms with Crippen molar-refractivity contribution in [3.63, 3.8) is 0 Å². The molecule has 2 aromatic rings. The van der Waals surface area contributed by atoms with Crippen LogP contribution in [0.5, 0.6) is 0 Å². The van der Waals surface area contributed by atoms with Gasteiger partial charge in [0.2, 0.25) is 0 Å². The predicted octanol–water partition coefficient (Wildman–Crippen LogP) is -0.252. The first-order valence-electron chi connectivity index (χ1n) is 4.45. The highest BCUT2D eigenvalue weighted by Crippen LogP contribution is 2.35. The van der Waals surface area contributed by atoms with Crippen molar-refractivity contribution in [3.05, 3.63) is 27.2 Å². The van der Waals surface area contributed by atoms with E-state index in [-0.39, 0.29) is 5.56 Å². The highest BCUT2D eigenvalue weighted by atomic mass is 16.2. The van der Waals surface area contributed by atoms with Gasteiger partial charge in [0.25, 0.3) is 5.56 Å². The minimum atomic E-state index is -0.511. The second-order valence-electron chi connectivity index (χ2n) is 3.49. The first-order chi connectivity index (χ1) is 6.75. The molecular weight excluding hydrogens is 184 g/mol. The fourth-order valence-corrected chi connectivity index (χ4v) is 1.61. The minimum absolute atomic E-state index is 0.366. The van der Waals surface area contributed by atoms with E-state index in [0.717, 1.165) is 12.8 Å². The van der Waals surface area contributed by atoms with E-state index >= 15 is 0 Å². The van der Waals surface area contributed by atoms with Gasteiger partial charge in [0.15, 0.2) is 11.2 Å². The lowest BCUT2D eigenvalue weighted by Crippen LogP contribution is -2.23. The molecule has 1 fully saturated rings. The van der Waals surface area contributed by atoms with Gasteiger partial charge in [0.1, 0.15) is 0 Å². The summed E-state index contributed by atoms with van der Waals surface area (Å²) in [4.78, 5) is 31.1. The SMILES string of the molecule is O=c1[nH]c(=O)c2c(ncn2C2CC2)[nH]1. The predicted molar refractivity (Wildman–Crippen MR) is 49.2 cm³/mol. The zero-order chi connectivity index (χ0) is 9.71. The summed E-state index contributed by atoms with van der Waals surface area (Å²) in [6.07, 6.45) is 3.75. The monoisotopic (exact) mass is 192 g/mol. The number of hydrogen-bond donors (Lipinski definition) is 2. The Morgan fingerprint density at radius 2 is 2.14 bits per heavy atom. The lowest BCUT2D eigenvalue weighted by Gasteiger charge is -1.97. The van der Waals surface area contributed by atoms with Crippen molar-refractivity contribution in [1.29, 1.82) is 0 Å². The van der Waals surface area contributed by atoms with Gasteiger partial charge in [-0.3, -0.25) is 14.8 Å². The van der Waals surface area contributed by atoms with E-state index < -0.39 is 5.69 Å². The van der Waals surface area contributed by atoms with Crippen LogP contribution in [-0.4, -0.2) is 19.5 Å². The molecule has 6 heteroatoms. The summed E-state index contributed by atoms with van der Waals surface area (Å²) in [5, 5.41) is 0. The Kier molecular flexibility index (Phi) is 1.26. The maximum atomic E-state index is 11.5. The van der Waals surface area contributed by atoms with Gasteiger partial charge in [-0.15, -0.1) is 0 Å². The van der Waals surface area contributed by atoms with Crippen LogP contribution in [0.2, 0.25) is 0 Å². The summed E-state index contributed by atoms with van der Waals surface area (Å²) < 4.78 is 1.82. The van der Waals surface area contributed by atoms with E-state index in [1.807, 2.05) is 4.57 Å². The van der Waals surface area contributed by atoms with Gasteiger partial charge >= 0.3 is 5.69 Å². The number of imidazole rings is 1. The molecular formula is C8H8N4O2. The average Bonchev–Trinajstić information content (AvgIpc) is 2.87. The van der Waals surface area contributed by atoms with E-state index in [0.29, 0.717) is 17.2 Å². The third-order valence-electron chi connectivity index (χ3n) is 2.41. The molecule has 1 saturated carbocycles. The summed E-state index contributed by atoms with van der Waals surface area (Å²) in [7, 11) is 0. The number of hydrogen-bond acceptors (Lipinski definition) is 3. The smallest absolute Gasteiger partial charge is 0.322 e. The van der Waals surface area contributed by atoms with Crippen molar-refractivity contribution in [3.8, 4) is 0 Å². The van der Waals surface area contributed by atoms with Crippen LogP contribution in [0.1, 0.15) is 18.9 Å². The number of nitrogens with zero attached hydrogens (tertiary/aromatic N) is 2. The fraction of sp³-hybridized carbons (Fsp3) is 0.375. The zero-order valence-corrected chi connectivity index (χ0v) is 7.28. The number of H-pyrrole nitrogens is 2. The summed E-state index contributed by atoms with van der Waals surface area (Å²) in [6.45, 7) is 0. The van der Waals surface area contributed by atoms with Gasteiger partial charge in [-0.25, -0.2) is 9.78 Å². The van der Waals surface area contributed by atoms with Crippen molar-refractivity contribution in [1.82, 2.24) is 19.5 Å². The molecule has 2 aromatic heterocycles. The molecule has 2 N–H and O–H groups in total. The van der Waals surface area contributed by atoms with Crippen LogP contribution in [0.15, 0.2) is 15.9 Å². The molecule has 1 aliphatic rings. The van der Waals surface area contributed by atoms with E-state index in [4.69, 9.17) is 0 Å². The Balaban J connectivity index is 2.44. The molecule has 2 heterocycles. The van der Waals surface area contributed by atoms with Gasteiger partial charge in [-0.05, 0) is 12.8 Å². The summed E-state index contributed by atoms with van der Waals surface area (Å²) >= 11 is 0. The number of aromatic nitrogens is 4. The quantitative estimate of drug-likeness (QED) is 0.653. The lowest BCUT2D eigenvalue weighted by atomic mass is 10.5. The third kappa shape index (κ3) is 0.935. The fourth-order valence-electron chi connectivity index (χ4n) is 1.61. The van der Waals surface area contributed by atoms with Crippen molar-refractivity contribution >= 4 is 11.2 Å². The Morgan fingerprint density at radius 1 is 1.36 bits per heavy atom. The lowest BCUT2D eigenvalue weighted by molar-refractivity contribution is 0.761. The summed E-state index contributed by atoms with van der Waals surface area (Å²) in [5.74, 6) is 0. The maximum Gasteiger partial charge on any atom is 0.327 e. The van der Waals surface area contributed by atoms with Crippen LogP contribution in [0, 0.1) is 0 Å². The Morgan fingerprint density at radius 3 is 2.86 bits per heavy atom. The van der Waals surface area contributed by atoms with E-state index in [1.165, 1.54) is 0 Å². The molecule has 0 radical (unpaired) electrons. The first-order valence-corrected chi connectivity index (χ1v) is 4.45. The molecule has 3 rings (SSSR count). The number of rotatable bonds is 1. The number of fused-ring (bicyclic) bond motifs is 1. The van der Waals surface area contributed by atoms with Crippen LogP contribution >= 0.6 is 0 Å². The Bertz CT molecular complexity index is 602. The topological polar surface area (TPSA) is 83.5 Å². The summed E-state index contributed by atoms with van der Waals surface area (Å²) in [6, 6.07) is 0.381. The maximum absolute atomic E-state index is 11.5. The Hall–Kier alpha value is -1.85. The van der Waals surface area contributed by atoms with Crippen molar-refractivity contribution < 1.29 is 0 Å². The minimum Gasteiger partial charge on any atom is -0.322 e. The van der Waals surface area contributed by atoms with Gasteiger partial charge < -0.3 is 4.57 Å². The van der Waals surface area contributed by atoms with Crippen LogP contribution in [0.25, 0.3) is 11.2 Å². The van der Waals surface area contributed by atoms with Crippen LogP contribution in [-0.2, 0) is 0 Å². The van der Waals surface area contributed by atoms with Gasteiger partial charge in [-0.2, -0.15) is 0 Å². The highest BCUT2D eigenvalue weighted by molar-refractivity contribution is 5.69. The molecule has 0 saturated heterocycles. The highest BCUT2D eigenvalue weighted by Gasteiger charge is 2.26. The molecule has 0 atom stereocenters. The molecule has 1 aliphatic carbocycles. The van der Waals surface area contributed by atoms with Gasteiger partial charge in [0, 0.05) is 6.04 Å². The number of nitrogens with one attached hydrogen (secondary N) is 2. The van der Waals surface area contributed by atoms with Crippen molar-refractivity contribution in [2.24, 2.45) is 0 Å². The second-order valence-corrected chi connectivity index (χ2v) is 3.49. The largest absolute Gasteiger partial charge is 0.327 e. The Labute approximate surface area is 77.6 Å².